The topological polar surface area (TPSA) is 61.9 Å². The Hall–Kier alpha value is -3.06. The Balaban J connectivity index is 1.42. The van der Waals surface area contributed by atoms with Crippen molar-refractivity contribution >= 4 is 28.3 Å². The highest BCUT2D eigenvalue weighted by atomic mass is 32.1. The van der Waals surface area contributed by atoms with Crippen molar-refractivity contribution in [1.29, 1.82) is 0 Å². The molecule has 1 N–H and O–H groups in total. The Kier molecular flexibility index (Phi) is 4.83. The van der Waals surface area contributed by atoms with E-state index in [1.54, 1.807) is 12.1 Å². The molecule has 1 aliphatic rings. The van der Waals surface area contributed by atoms with Crippen molar-refractivity contribution in [1.82, 2.24) is 19.9 Å². The number of H-pyrrole nitrogens is 1. The van der Waals surface area contributed by atoms with Gasteiger partial charge in [0.25, 0.3) is 5.91 Å². The monoisotopic (exact) mass is 420 g/mol. The second-order valence-electron chi connectivity index (χ2n) is 7.62. The fourth-order valence-corrected chi connectivity index (χ4v) is 5.06. The summed E-state index contributed by atoms with van der Waals surface area (Å²) in [6, 6.07) is 14.3. The zero-order valence-corrected chi connectivity index (χ0v) is 17.4. The minimum atomic E-state index is -0.293. The molecule has 5 nitrogen and oxygen atoms in total. The Morgan fingerprint density at radius 2 is 2.00 bits per heavy atom. The highest BCUT2D eigenvalue weighted by Crippen LogP contribution is 2.33. The van der Waals surface area contributed by atoms with Crippen LogP contribution in [0.2, 0.25) is 0 Å². The third kappa shape index (κ3) is 3.50. The van der Waals surface area contributed by atoms with Gasteiger partial charge in [0, 0.05) is 19.0 Å². The Bertz CT molecular complexity index is 1180. The van der Waals surface area contributed by atoms with Gasteiger partial charge in [0.1, 0.15) is 17.3 Å². The number of imidazole rings is 1. The molecule has 5 rings (SSSR count). The summed E-state index contributed by atoms with van der Waals surface area (Å²) >= 11 is 1.47. The summed E-state index contributed by atoms with van der Waals surface area (Å²) in [5.41, 5.74) is 3.23. The van der Waals surface area contributed by atoms with Crippen molar-refractivity contribution in [3.05, 3.63) is 70.9 Å². The summed E-state index contributed by atoms with van der Waals surface area (Å²) < 4.78 is 13.4. The van der Waals surface area contributed by atoms with Crippen LogP contribution in [0.25, 0.3) is 21.5 Å². The first-order chi connectivity index (χ1) is 14.6. The van der Waals surface area contributed by atoms with Crippen LogP contribution in [-0.2, 0) is 6.42 Å². The number of hydrogen-bond acceptors (Lipinski definition) is 4. The molecule has 3 heterocycles. The van der Waals surface area contributed by atoms with Crippen LogP contribution in [0.4, 0.5) is 4.39 Å². The molecule has 2 aromatic carbocycles. The fourth-order valence-electron chi connectivity index (χ4n) is 4.15. The molecule has 0 aliphatic carbocycles. The number of halogens is 1. The third-order valence-corrected chi connectivity index (χ3v) is 6.57. The normalized spacial score (nSPS) is 16.5. The second-order valence-corrected chi connectivity index (χ2v) is 8.82. The molecule has 1 atom stereocenters. The molecular formula is C23H21FN4OS. The van der Waals surface area contributed by atoms with Crippen molar-refractivity contribution in [3.63, 3.8) is 0 Å². The lowest BCUT2D eigenvalue weighted by Crippen LogP contribution is -2.37. The number of carbonyl (C=O) groups excluding carboxylic acids is 1. The molecule has 30 heavy (non-hydrogen) atoms. The van der Waals surface area contributed by atoms with Crippen LogP contribution in [0.5, 0.6) is 0 Å². The van der Waals surface area contributed by atoms with Gasteiger partial charge in [-0.05, 0) is 49.6 Å². The predicted octanol–water partition coefficient (Wildman–Crippen LogP) is 4.98. The van der Waals surface area contributed by atoms with Gasteiger partial charge in [0.05, 0.1) is 20.9 Å². The van der Waals surface area contributed by atoms with Crippen molar-refractivity contribution in [2.75, 3.05) is 6.54 Å². The maximum atomic E-state index is 13.5. The number of amides is 1. The molecule has 1 saturated heterocycles. The number of carbonyl (C=O) groups is 1. The Labute approximate surface area is 177 Å². The van der Waals surface area contributed by atoms with Gasteiger partial charge in [0.2, 0.25) is 0 Å². The average Bonchev–Trinajstić information content (AvgIpc) is 3.46. The van der Waals surface area contributed by atoms with Crippen LogP contribution in [0.1, 0.15) is 34.2 Å². The standard InChI is InChI=1S/C23H21FN4OS/c1-14-25-21(22(30-14)15-8-10-16(24)11-9-15)23(29)28-12-4-5-17(28)13-20-26-18-6-2-3-7-19(18)27-20/h2-3,6-11,17H,4-5,12-13H2,1H3,(H,26,27). The lowest BCUT2D eigenvalue weighted by molar-refractivity contribution is 0.0731. The molecule has 1 aliphatic heterocycles. The molecule has 1 amide bonds. The third-order valence-electron chi connectivity index (χ3n) is 5.55. The summed E-state index contributed by atoms with van der Waals surface area (Å²) in [6.07, 6.45) is 2.60. The van der Waals surface area contributed by atoms with Crippen molar-refractivity contribution in [2.24, 2.45) is 0 Å². The first-order valence-electron chi connectivity index (χ1n) is 10.1. The Morgan fingerprint density at radius 3 is 2.80 bits per heavy atom. The van der Waals surface area contributed by atoms with E-state index in [-0.39, 0.29) is 17.8 Å². The highest BCUT2D eigenvalue weighted by molar-refractivity contribution is 7.15. The molecule has 1 unspecified atom stereocenters. The van der Waals surface area contributed by atoms with Gasteiger partial charge in [0.15, 0.2) is 0 Å². The highest BCUT2D eigenvalue weighted by Gasteiger charge is 2.33. The first-order valence-corrected chi connectivity index (χ1v) is 10.9. The van der Waals surface area contributed by atoms with E-state index in [1.807, 2.05) is 36.1 Å². The molecule has 7 heteroatoms. The number of aryl methyl sites for hydroxylation is 1. The predicted molar refractivity (Wildman–Crippen MR) is 116 cm³/mol. The molecule has 2 aromatic heterocycles. The van der Waals surface area contributed by atoms with Crippen LogP contribution >= 0.6 is 11.3 Å². The largest absolute Gasteiger partial charge is 0.342 e. The molecule has 0 spiro atoms. The molecule has 0 radical (unpaired) electrons. The molecule has 0 saturated carbocycles. The van der Waals surface area contributed by atoms with E-state index in [1.165, 1.54) is 23.5 Å². The minimum absolute atomic E-state index is 0.0581. The number of rotatable bonds is 4. The Morgan fingerprint density at radius 1 is 1.20 bits per heavy atom. The molecule has 0 bridgehead atoms. The number of aromatic amines is 1. The van der Waals surface area contributed by atoms with Gasteiger partial charge in [-0.25, -0.2) is 14.4 Å². The van der Waals surface area contributed by atoms with Crippen molar-refractivity contribution in [2.45, 2.75) is 32.2 Å². The van der Waals surface area contributed by atoms with Crippen LogP contribution in [0.3, 0.4) is 0 Å². The van der Waals surface area contributed by atoms with E-state index in [0.29, 0.717) is 18.7 Å². The average molecular weight is 421 g/mol. The number of nitrogens with one attached hydrogen (secondary N) is 1. The van der Waals surface area contributed by atoms with Gasteiger partial charge >= 0.3 is 0 Å². The number of fused-ring (bicyclic) bond motifs is 1. The SMILES string of the molecule is Cc1nc(C(=O)N2CCCC2Cc2nc3ccccc3[nH]2)c(-c2ccc(F)cc2)s1. The lowest BCUT2D eigenvalue weighted by Gasteiger charge is -2.23. The smallest absolute Gasteiger partial charge is 0.274 e. The maximum Gasteiger partial charge on any atom is 0.274 e. The molecule has 4 aromatic rings. The van der Waals surface area contributed by atoms with E-state index in [2.05, 4.69) is 15.0 Å². The molecule has 152 valence electrons. The molecule has 1 fully saturated rings. The number of aromatic nitrogens is 3. The van der Waals surface area contributed by atoms with Crippen LogP contribution < -0.4 is 0 Å². The summed E-state index contributed by atoms with van der Waals surface area (Å²) in [6.45, 7) is 2.60. The van der Waals surface area contributed by atoms with Gasteiger partial charge in [-0.2, -0.15) is 0 Å². The van der Waals surface area contributed by atoms with Gasteiger partial charge < -0.3 is 9.88 Å². The van der Waals surface area contributed by atoms with Crippen molar-refractivity contribution < 1.29 is 9.18 Å². The first kappa shape index (κ1) is 18.9. The summed E-state index contributed by atoms with van der Waals surface area (Å²) in [7, 11) is 0. The number of benzene rings is 2. The quantitative estimate of drug-likeness (QED) is 0.506. The van der Waals surface area contributed by atoms with Gasteiger partial charge in [-0.1, -0.05) is 24.3 Å². The minimum Gasteiger partial charge on any atom is -0.342 e. The number of hydrogen-bond donors (Lipinski definition) is 1. The van der Waals surface area contributed by atoms with E-state index < -0.39 is 0 Å². The summed E-state index contributed by atoms with van der Waals surface area (Å²) in [4.78, 5) is 28.8. The van der Waals surface area contributed by atoms with Crippen LogP contribution in [0, 0.1) is 12.7 Å². The fraction of sp³-hybridized carbons (Fsp3) is 0.261. The zero-order valence-electron chi connectivity index (χ0n) is 16.6. The lowest BCUT2D eigenvalue weighted by atomic mass is 10.1. The number of thiazole rings is 1. The van der Waals surface area contributed by atoms with Crippen LogP contribution in [-0.4, -0.2) is 38.3 Å². The number of para-hydroxylation sites is 2. The maximum absolute atomic E-state index is 13.5. The second kappa shape index (κ2) is 7.65. The van der Waals surface area contributed by atoms with Crippen molar-refractivity contribution in [3.8, 4) is 10.4 Å². The van der Waals surface area contributed by atoms with E-state index in [4.69, 9.17) is 0 Å². The van der Waals surface area contributed by atoms with Gasteiger partial charge in [-0.15, -0.1) is 11.3 Å². The number of nitrogens with zero attached hydrogens (tertiary/aromatic N) is 3. The van der Waals surface area contributed by atoms with E-state index >= 15 is 0 Å². The van der Waals surface area contributed by atoms with E-state index in [9.17, 15) is 9.18 Å². The van der Waals surface area contributed by atoms with Crippen LogP contribution in [0.15, 0.2) is 48.5 Å². The van der Waals surface area contributed by atoms with Gasteiger partial charge in [-0.3, -0.25) is 4.79 Å². The number of likely N-dealkylation sites (tertiary alicyclic amines) is 1. The molecular weight excluding hydrogens is 399 g/mol. The zero-order chi connectivity index (χ0) is 20.7. The summed E-state index contributed by atoms with van der Waals surface area (Å²) in [5, 5.41) is 0.825. The van der Waals surface area contributed by atoms with E-state index in [0.717, 1.165) is 45.1 Å². The summed E-state index contributed by atoms with van der Waals surface area (Å²) in [5.74, 6) is 0.546.